The Labute approximate surface area is 176 Å². The summed E-state index contributed by atoms with van der Waals surface area (Å²) in [4.78, 5) is 12.0. The summed E-state index contributed by atoms with van der Waals surface area (Å²) < 4.78 is 1.82. The highest BCUT2D eigenvalue weighted by Gasteiger charge is 2.23. The molecule has 0 bridgehead atoms. The number of anilines is 3. The SMILES string of the molecule is Cn1ncc2c(Nc3ccccc3)nc(N3CCC(Cc4ccccc4)CC3)nc21. The molecule has 0 spiro atoms. The van der Waals surface area contributed by atoms with Crippen LogP contribution in [0.1, 0.15) is 18.4 Å². The lowest BCUT2D eigenvalue weighted by molar-refractivity contribution is 0.401. The van der Waals surface area contributed by atoms with Crippen molar-refractivity contribution in [3.05, 3.63) is 72.4 Å². The zero-order valence-electron chi connectivity index (χ0n) is 17.2. The first kappa shape index (κ1) is 18.6. The Bertz CT molecular complexity index is 1110. The lowest BCUT2D eigenvalue weighted by atomic mass is 9.90. The summed E-state index contributed by atoms with van der Waals surface area (Å²) in [6.45, 7) is 1.96. The molecule has 5 rings (SSSR count). The third kappa shape index (κ3) is 3.85. The first-order valence-electron chi connectivity index (χ1n) is 10.6. The molecule has 0 saturated carbocycles. The van der Waals surface area contributed by atoms with E-state index in [9.17, 15) is 0 Å². The lowest BCUT2D eigenvalue weighted by Gasteiger charge is -2.32. The number of piperidine rings is 1. The van der Waals surface area contributed by atoms with Crippen LogP contribution < -0.4 is 10.2 Å². The van der Waals surface area contributed by atoms with Crippen molar-refractivity contribution in [2.45, 2.75) is 19.3 Å². The molecule has 0 atom stereocenters. The maximum Gasteiger partial charge on any atom is 0.229 e. The van der Waals surface area contributed by atoms with E-state index in [-0.39, 0.29) is 0 Å². The summed E-state index contributed by atoms with van der Waals surface area (Å²) in [6, 6.07) is 20.9. The number of hydrogen-bond acceptors (Lipinski definition) is 5. The molecule has 1 aliphatic rings. The van der Waals surface area contributed by atoms with E-state index in [2.05, 4.69) is 45.6 Å². The number of para-hydroxylation sites is 1. The predicted molar refractivity (Wildman–Crippen MR) is 121 cm³/mol. The van der Waals surface area contributed by atoms with Gasteiger partial charge < -0.3 is 10.2 Å². The van der Waals surface area contributed by atoms with Crippen molar-refractivity contribution in [3.8, 4) is 0 Å². The van der Waals surface area contributed by atoms with Crippen molar-refractivity contribution in [1.82, 2.24) is 19.7 Å². The largest absolute Gasteiger partial charge is 0.341 e. The maximum absolute atomic E-state index is 4.89. The molecule has 30 heavy (non-hydrogen) atoms. The van der Waals surface area contributed by atoms with Crippen LogP contribution in [-0.2, 0) is 13.5 Å². The molecule has 1 saturated heterocycles. The van der Waals surface area contributed by atoms with Gasteiger partial charge in [-0.1, -0.05) is 48.5 Å². The van der Waals surface area contributed by atoms with E-state index in [1.165, 1.54) is 5.56 Å². The molecule has 0 radical (unpaired) electrons. The quantitative estimate of drug-likeness (QED) is 0.534. The molecule has 1 aliphatic heterocycles. The van der Waals surface area contributed by atoms with Gasteiger partial charge in [-0.3, -0.25) is 4.68 Å². The summed E-state index contributed by atoms with van der Waals surface area (Å²) in [5.74, 6) is 2.30. The highest BCUT2D eigenvalue weighted by atomic mass is 15.3. The molecule has 3 heterocycles. The molecule has 6 heteroatoms. The van der Waals surface area contributed by atoms with Gasteiger partial charge in [0.1, 0.15) is 5.82 Å². The standard InChI is InChI=1S/C24H26N6/c1-29-23-21(17-25-29)22(26-20-10-6-3-7-11-20)27-24(28-23)30-14-12-19(13-15-30)16-18-8-4-2-5-9-18/h2-11,17,19H,12-16H2,1H3,(H,26,27,28). The molecule has 4 aromatic rings. The molecule has 0 amide bonds. The summed E-state index contributed by atoms with van der Waals surface area (Å²) in [7, 11) is 1.93. The Morgan fingerprint density at radius 1 is 0.933 bits per heavy atom. The van der Waals surface area contributed by atoms with Gasteiger partial charge in [-0.05, 0) is 42.9 Å². The Morgan fingerprint density at radius 2 is 1.63 bits per heavy atom. The van der Waals surface area contributed by atoms with Gasteiger partial charge in [-0.15, -0.1) is 0 Å². The number of benzene rings is 2. The smallest absolute Gasteiger partial charge is 0.229 e. The van der Waals surface area contributed by atoms with E-state index in [0.717, 1.165) is 60.8 Å². The van der Waals surface area contributed by atoms with E-state index in [4.69, 9.17) is 9.97 Å². The number of aromatic nitrogens is 4. The summed E-state index contributed by atoms with van der Waals surface area (Å²) in [6.07, 6.45) is 5.29. The molecule has 6 nitrogen and oxygen atoms in total. The first-order valence-corrected chi connectivity index (χ1v) is 10.6. The third-order valence-corrected chi connectivity index (χ3v) is 5.88. The topological polar surface area (TPSA) is 58.9 Å². The van der Waals surface area contributed by atoms with Crippen LogP contribution in [0.25, 0.3) is 11.0 Å². The highest BCUT2D eigenvalue weighted by molar-refractivity contribution is 5.89. The molecule has 0 unspecified atom stereocenters. The van der Waals surface area contributed by atoms with Crippen LogP contribution >= 0.6 is 0 Å². The third-order valence-electron chi connectivity index (χ3n) is 5.88. The van der Waals surface area contributed by atoms with Crippen molar-refractivity contribution in [2.75, 3.05) is 23.3 Å². The van der Waals surface area contributed by atoms with Crippen LogP contribution in [0.4, 0.5) is 17.5 Å². The Balaban J connectivity index is 1.36. The number of nitrogens with zero attached hydrogens (tertiary/aromatic N) is 5. The fraction of sp³-hybridized carbons (Fsp3) is 0.292. The predicted octanol–water partition coefficient (Wildman–Crippen LogP) is 4.57. The highest BCUT2D eigenvalue weighted by Crippen LogP contribution is 2.29. The molecule has 2 aromatic carbocycles. The van der Waals surface area contributed by atoms with Crippen molar-refractivity contribution < 1.29 is 0 Å². The van der Waals surface area contributed by atoms with Crippen LogP contribution in [0.2, 0.25) is 0 Å². The van der Waals surface area contributed by atoms with Gasteiger partial charge in [-0.2, -0.15) is 15.1 Å². The van der Waals surface area contributed by atoms with Gasteiger partial charge in [-0.25, -0.2) is 0 Å². The van der Waals surface area contributed by atoms with E-state index < -0.39 is 0 Å². The summed E-state index contributed by atoms with van der Waals surface area (Å²) in [5.41, 5.74) is 3.29. The number of fused-ring (bicyclic) bond motifs is 1. The van der Waals surface area contributed by atoms with Crippen LogP contribution in [0.3, 0.4) is 0 Å². The van der Waals surface area contributed by atoms with Gasteiger partial charge in [0.15, 0.2) is 5.65 Å². The monoisotopic (exact) mass is 398 g/mol. The zero-order valence-corrected chi connectivity index (χ0v) is 17.2. The van der Waals surface area contributed by atoms with Crippen molar-refractivity contribution in [1.29, 1.82) is 0 Å². The van der Waals surface area contributed by atoms with Gasteiger partial charge in [0.2, 0.25) is 5.95 Å². The Hall–Kier alpha value is -3.41. The van der Waals surface area contributed by atoms with Gasteiger partial charge in [0.25, 0.3) is 0 Å². The normalized spacial score (nSPS) is 14.9. The van der Waals surface area contributed by atoms with Crippen LogP contribution in [0.5, 0.6) is 0 Å². The number of hydrogen-bond donors (Lipinski definition) is 1. The van der Waals surface area contributed by atoms with E-state index in [1.54, 1.807) is 0 Å². The molecule has 0 aliphatic carbocycles. The van der Waals surface area contributed by atoms with Crippen LogP contribution in [0.15, 0.2) is 66.9 Å². The molecule has 1 N–H and O–H groups in total. The van der Waals surface area contributed by atoms with E-state index in [0.29, 0.717) is 5.92 Å². The second-order valence-electron chi connectivity index (χ2n) is 7.99. The minimum Gasteiger partial charge on any atom is -0.341 e. The molecular weight excluding hydrogens is 372 g/mol. The van der Waals surface area contributed by atoms with Gasteiger partial charge in [0, 0.05) is 25.8 Å². The number of nitrogens with one attached hydrogen (secondary N) is 1. The zero-order chi connectivity index (χ0) is 20.3. The Morgan fingerprint density at radius 3 is 2.37 bits per heavy atom. The van der Waals surface area contributed by atoms with Crippen LogP contribution in [-0.4, -0.2) is 32.8 Å². The molecular formula is C24H26N6. The summed E-state index contributed by atoms with van der Waals surface area (Å²) in [5, 5.41) is 8.78. The molecule has 2 aromatic heterocycles. The fourth-order valence-electron chi connectivity index (χ4n) is 4.19. The first-order chi connectivity index (χ1) is 14.8. The second-order valence-corrected chi connectivity index (χ2v) is 7.99. The minimum atomic E-state index is 0.714. The van der Waals surface area contributed by atoms with E-state index in [1.807, 2.05) is 48.3 Å². The van der Waals surface area contributed by atoms with Crippen molar-refractivity contribution >= 4 is 28.5 Å². The second kappa shape index (κ2) is 8.14. The fourth-order valence-corrected chi connectivity index (χ4v) is 4.19. The average molecular weight is 399 g/mol. The average Bonchev–Trinajstić information content (AvgIpc) is 3.17. The minimum absolute atomic E-state index is 0.714. The number of aryl methyl sites for hydroxylation is 1. The molecule has 1 fully saturated rings. The van der Waals surface area contributed by atoms with E-state index >= 15 is 0 Å². The van der Waals surface area contributed by atoms with Crippen molar-refractivity contribution in [2.24, 2.45) is 13.0 Å². The van der Waals surface area contributed by atoms with Gasteiger partial charge >= 0.3 is 0 Å². The summed E-state index contributed by atoms with van der Waals surface area (Å²) >= 11 is 0. The van der Waals surface area contributed by atoms with Gasteiger partial charge in [0.05, 0.1) is 11.6 Å². The number of rotatable bonds is 5. The lowest BCUT2D eigenvalue weighted by Crippen LogP contribution is -2.35. The maximum atomic E-state index is 4.89. The Kier molecular flexibility index (Phi) is 5.05. The van der Waals surface area contributed by atoms with Crippen LogP contribution in [0, 0.1) is 5.92 Å². The van der Waals surface area contributed by atoms with Crippen molar-refractivity contribution in [3.63, 3.8) is 0 Å². The molecule has 152 valence electrons.